The van der Waals surface area contributed by atoms with Crippen molar-refractivity contribution in [3.05, 3.63) is 105 Å². The summed E-state index contributed by atoms with van der Waals surface area (Å²) in [4.78, 5) is 25.1. The minimum Gasteiger partial charge on any atom is -0.425 e. The number of benzene rings is 3. The van der Waals surface area contributed by atoms with E-state index in [2.05, 4.69) is 4.72 Å². The molecule has 0 saturated carbocycles. The van der Waals surface area contributed by atoms with Crippen molar-refractivity contribution in [1.82, 2.24) is 4.72 Å². The van der Waals surface area contributed by atoms with Crippen LogP contribution in [0.1, 0.15) is 28.3 Å². The zero-order valence-electron chi connectivity index (χ0n) is 18.9. The lowest BCUT2D eigenvalue weighted by molar-refractivity contribution is -0.136. The summed E-state index contributed by atoms with van der Waals surface area (Å²) >= 11 is 0. The number of hydrogen-bond donors (Lipinski definition) is 1. The minimum absolute atomic E-state index is 0.0333. The van der Waals surface area contributed by atoms with Crippen molar-refractivity contribution >= 4 is 27.0 Å². The fourth-order valence-corrected chi connectivity index (χ4v) is 4.79. The molecule has 7 nitrogen and oxygen atoms in total. The largest absolute Gasteiger partial charge is 0.425 e. The molecule has 0 fully saturated rings. The highest BCUT2D eigenvalue weighted by atomic mass is 32.2. The number of fused-ring (bicyclic) bond motifs is 1. The van der Waals surface area contributed by atoms with Crippen molar-refractivity contribution in [1.29, 1.82) is 0 Å². The summed E-state index contributed by atoms with van der Waals surface area (Å²) < 4.78 is 39.5. The molecular formula is C26H23NO6S. The monoisotopic (exact) mass is 477 g/mol. The topological polar surface area (TPSA) is 103 Å². The number of aryl methyl sites for hydroxylation is 3. The van der Waals surface area contributed by atoms with Gasteiger partial charge in [0.25, 0.3) is 0 Å². The second kappa shape index (κ2) is 9.24. The van der Waals surface area contributed by atoms with E-state index in [1.807, 2.05) is 6.92 Å². The molecule has 1 atom stereocenters. The standard InChI is InChI=1S/C26H23NO6S/c1-16-9-11-20(12-10-16)34(30,31)27-24(19-7-5-4-6-8-19)26(29)32-22-14-13-21-17(2)15-23(28)33-25(21)18(22)3/h4-15,24,27H,1-3H3/t24-/m1/s1. The predicted octanol–water partition coefficient (Wildman–Crippen LogP) is 4.34. The van der Waals surface area contributed by atoms with E-state index in [1.54, 1.807) is 68.4 Å². The number of carbonyl (C=O) groups excluding carboxylic acids is 1. The third kappa shape index (κ3) is 4.78. The molecule has 174 valence electrons. The van der Waals surface area contributed by atoms with Gasteiger partial charge in [0.15, 0.2) is 0 Å². The normalized spacial score (nSPS) is 12.4. The number of sulfonamides is 1. The maximum atomic E-state index is 13.3. The van der Waals surface area contributed by atoms with Gasteiger partial charge in [0.2, 0.25) is 10.0 Å². The van der Waals surface area contributed by atoms with Crippen molar-refractivity contribution in [3.63, 3.8) is 0 Å². The van der Waals surface area contributed by atoms with Gasteiger partial charge in [-0.2, -0.15) is 4.72 Å². The van der Waals surface area contributed by atoms with E-state index in [0.717, 1.165) is 16.5 Å². The van der Waals surface area contributed by atoms with Crippen LogP contribution in [0.2, 0.25) is 0 Å². The van der Waals surface area contributed by atoms with Gasteiger partial charge < -0.3 is 9.15 Å². The third-order valence-corrected chi connectivity index (χ3v) is 6.94. The number of rotatable bonds is 6. The average molecular weight is 478 g/mol. The maximum absolute atomic E-state index is 13.3. The van der Waals surface area contributed by atoms with Crippen LogP contribution in [0.25, 0.3) is 11.0 Å². The Labute approximate surface area is 197 Å². The van der Waals surface area contributed by atoms with Gasteiger partial charge in [0.05, 0.1) is 4.90 Å². The van der Waals surface area contributed by atoms with Crippen LogP contribution in [0.3, 0.4) is 0 Å². The maximum Gasteiger partial charge on any atom is 0.336 e. The van der Waals surface area contributed by atoms with Crippen LogP contribution < -0.4 is 15.1 Å². The van der Waals surface area contributed by atoms with Crippen molar-refractivity contribution in [2.45, 2.75) is 31.7 Å². The van der Waals surface area contributed by atoms with Gasteiger partial charge >= 0.3 is 11.6 Å². The van der Waals surface area contributed by atoms with E-state index >= 15 is 0 Å². The van der Waals surface area contributed by atoms with Crippen LogP contribution in [-0.2, 0) is 14.8 Å². The summed E-state index contributed by atoms with van der Waals surface area (Å²) in [7, 11) is -4.03. The zero-order valence-corrected chi connectivity index (χ0v) is 19.7. The van der Waals surface area contributed by atoms with Crippen LogP contribution in [0.5, 0.6) is 5.75 Å². The molecule has 0 aliphatic heterocycles. The summed E-state index contributed by atoms with van der Waals surface area (Å²) in [6.07, 6.45) is 0. The molecule has 0 saturated heterocycles. The van der Waals surface area contributed by atoms with Crippen LogP contribution in [0.4, 0.5) is 0 Å². The Hall–Kier alpha value is -3.75. The fourth-order valence-electron chi connectivity index (χ4n) is 3.62. The van der Waals surface area contributed by atoms with E-state index in [4.69, 9.17) is 9.15 Å². The van der Waals surface area contributed by atoms with E-state index < -0.39 is 27.7 Å². The summed E-state index contributed by atoms with van der Waals surface area (Å²) in [5.41, 5.74) is 2.33. The first kappa shape index (κ1) is 23.4. The van der Waals surface area contributed by atoms with Crippen molar-refractivity contribution in [2.75, 3.05) is 0 Å². The molecule has 0 unspecified atom stereocenters. The molecule has 4 rings (SSSR count). The van der Waals surface area contributed by atoms with E-state index in [-0.39, 0.29) is 10.6 Å². The van der Waals surface area contributed by atoms with Gasteiger partial charge in [-0.05, 0) is 56.2 Å². The van der Waals surface area contributed by atoms with Gasteiger partial charge in [-0.25, -0.2) is 18.0 Å². The fraction of sp³-hybridized carbons (Fsp3) is 0.154. The smallest absolute Gasteiger partial charge is 0.336 e. The van der Waals surface area contributed by atoms with Gasteiger partial charge in [0, 0.05) is 17.0 Å². The molecule has 0 aliphatic rings. The Kier molecular flexibility index (Phi) is 6.37. The quantitative estimate of drug-likeness (QED) is 0.252. The Bertz CT molecular complexity index is 1520. The SMILES string of the molecule is Cc1ccc(S(=O)(=O)N[C@@H](C(=O)Oc2ccc3c(C)cc(=O)oc3c2C)c2ccccc2)cc1. The predicted molar refractivity (Wildman–Crippen MR) is 128 cm³/mol. The second-order valence-corrected chi connectivity index (χ2v) is 9.73. The first-order chi connectivity index (χ1) is 16.2. The highest BCUT2D eigenvalue weighted by molar-refractivity contribution is 7.89. The molecule has 0 radical (unpaired) electrons. The first-order valence-electron chi connectivity index (χ1n) is 10.6. The summed E-state index contributed by atoms with van der Waals surface area (Å²) in [5.74, 6) is -0.652. The first-order valence-corrected chi connectivity index (χ1v) is 12.0. The molecule has 8 heteroatoms. The molecule has 1 N–H and O–H groups in total. The molecule has 1 aromatic heterocycles. The average Bonchev–Trinajstić information content (AvgIpc) is 2.80. The number of nitrogens with one attached hydrogen (secondary N) is 1. The van der Waals surface area contributed by atoms with Crippen LogP contribution in [0.15, 0.2) is 86.9 Å². The minimum atomic E-state index is -4.03. The molecule has 0 bridgehead atoms. The molecule has 4 aromatic rings. The number of carbonyl (C=O) groups is 1. The van der Waals surface area contributed by atoms with Crippen LogP contribution >= 0.6 is 0 Å². The molecule has 1 heterocycles. The third-order valence-electron chi connectivity index (χ3n) is 5.50. The van der Waals surface area contributed by atoms with Crippen LogP contribution in [-0.4, -0.2) is 14.4 Å². The summed E-state index contributed by atoms with van der Waals surface area (Å²) in [6.45, 7) is 5.31. The molecule has 34 heavy (non-hydrogen) atoms. The van der Waals surface area contributed by atoms with Gasteiger partial charge in [-0.3, -0.25) is 0 Å². The molecule has 0 amide bonds. The Morgan fingerprint density at radius 3 is 2.29 bits per heavy atom. The molecule has 0 aliphatic carbocycles. The highest BCUT2D eigenvalue weighted by Crippen LogP contribution is 2.29. The second-order valence-electron chi connectivity index (χ2n) is 8.01. The van der Waals surface area contributed by atoms with Gasteiger partial charge in [-0.15, -0.1) is 0 Å². The molecule has 0 spiro atoms. The van der Waals surface area contributed by atoms with Crippen molar-refractivity contribution in [2.24, 2.45) is 0 Å². The van der Waals surface area contributed by atoms with E-state index in [9.17, 15) is 18.0 Å². The Morgan fingerprint density at radius 1 is 0.941 bits per heavy atom. The Balaban J connectivity index is 1.70. The molecule has 3 aromatic carbocycles. The molecular weight excluding hydrogens is 454 g/mol. The summed E-state index contributed by atoms with van der Waals surface area (Å²) in [6, 6.07) is 18.1. The number of hydrogen-bond acceptors (Lipinski definition) is 6. The zero-order chi connectivity index (χ0) is 24.5. The van der Waals surface area contributed by atoms with Crippen molar-refractivity contribution in [3.8, 4) is 5.75 Å². The number of esters is 1. The van der Waals surface area contributed by atoms with Gasteiger partial charge in [-0.1, -0.05) is 48.0 Å². The lowest BCUT2D eigenvalue weighted by Gasteiger charge is -2.19. The van der Waals surface area contributed by atoms with E-state index in [1.165, 1.54) is 18.2 Å². The summed E-state index contributed by atoms with van der Waals surface area (Å²) in [5, 5.41) is 0.719. The van der Waals surface area contributed by atoms with Gasteiger partial charge in [0.1, 0.15) is 17.4 Å². The van der Waals surface area contributed by atoms with Crippen LogP contribution in [0, 0.1) is 20.8 Å². The van der Waals surface area contributed by atoms with Crippen molar-refractivity contribution < 1.29 is 22.4 Å². The lowest BCUT2D eigenvalue weighted by Crippen LogP contribution is -2.36. The Morgan fingerprint density at radius 2 is 1.62 bits per heavy atom. The lowest BCUT2D eigenvalue weighted by atomic mass is 10.1. The highest BCUT2D eigenvalue weighted by Gasteiger charge is 2.29. The number of ether oxygens (including phenoxy) is 1. The van der Waals surface area contributed by atoms with E-state index in [0.29, 0.717) is 16.7 Å².